The number of hydrogen-bond donors (Lipinski definition) is 1. The van der Waals surface area contributed by atoms with Crippen molar-refractivity contribution < 1.29 is 0 Å². The quantitative estimate of drug-likeness (QED) is 0.551. The van der Waals surface area contributed by atoms with Crippen molar-refractivity contribution in [2.24, 2.45) is 5.92 Å². The van der Waals surface area contributed by atoms with Crippen molar-refractivity contribution in [3.05, 3.63) is 69.4 Å². The number of benzene rings is 2. The molecule has 0 fully saturated rings. The number of halogens is 1. The Morgan fingerprint density at radius 2 is 1.67 bits per heavy atom. The largest absolute Gasteiger partial charge is 0.361 e. The molecule has 0 unspecified atom stereocenters. The molecule has 0 radical (unpaired) electrons. The molecule has 0 saturated carbocycles. The molecule has 3 rings (SSSR count). The molecule has 21 heavy (non-hydrogen) atoms. The van der Waals surface area contributed by atoms with Crippen LogP contribution in [0.25, 0.3) is 10.9 Å². The van der Waals surface area contributed by atoms with E-state index in [0.29, 0.717) is 5.92 Å². The third-order valence-corrected chi connectivity index (χ3v) is 5.47. The van der Waals surface area contributed by atoms with Crippen LogP contribution >= 0.6 is 22.6 Å². The van der Waals surface area contributed by atoms with Gasteiger partial charge in [0.25, 0.3) is 0 Å². The highest BCUT2D eigenvalue weighted by Crippen LogP contribution is 2.42. The number of aromatic amines is 1. The number of nitrogens with one attached hydrogen (secondary N) is 1. The monoisotopic (exact) mass is 389 g/mol. The second-order valence-corrected chi connectivity index (χ2v) is 7.36. The number of aromatic nitrogens is 1. The maximum atomic E-state index is 3.43. The average Bonchev–Trinajstić information content (AvgIpc) is 2.91. The SMILES string of the molecule is CC(C)[C@@](C)(c1ccc(I)cc1)c1c[nH]c2ccccc12. The van der Waals surface area contributed by atoms with Crippen molar-refractivity contribution in [1.29, 1.82) is 0 Å². The first-order chi connectivity index (χ1) is 10.0. The smallest absolute Gasteiger partial charge is 0.0457 e. The van der Waals surface area contributed by atoms with Gasteiger partial charge in [-0.25, -0.2) is 0 Å². The summed E-state index contributed by atoms with van der Waals surface area (Å²) < 4.78 is 1.28. The van der Waals surface area contributed by atoms with E-state index in [1.807, 2.05) is 0 Å². The van der Waals surface area contributed by atoms with Gasteiger partial charge >= 0.3 is 0 Å². The van der Waals surface area contributed by atoms with E-state index >= 15 is 0 Å². The first-order valence-corrected chi connectivity index (χ1v) is 8.44. The lowest BCUT2D eigenvalue weighted by Gasteiger charge is -2.34. The standard InChI is InChI=1S/C19H20IN/c1-13(2)19(3,14-8-10-15(20)11-9-14)17-12-21-18-7-5-4-6-16(17)18/h4-13,21H,1-3H3/t19-/m0/s1. The van der Waals surface area contributed by atoms with Gasteiger partial charge in [0.1, 0.15) is 0 Å². The van der Waals surface area contributed by atoms with Crippen LogP contribution in [0.15, 0.2) is 54.7 Å². The van der Waals surface area contributed by atoms with Crippen molar-refractivity contribution in [2.45, 2.75) is 26.2 Å². The van der Waals surface area contributed by atoms with Crippen LogP contribution in [0.1, 0.15) is 31.9 Å². The summed E-state index contributed by atoms with van der Waals surface area (Å²) in [5.41, 5.74) is 3.98. The molecule has 1 aromatic heterocycles. The van der Waals surface area contributed by atoms with Crippen LogP contribution in [0.4, 0.5) is 0 Å². The molecular formula is C19H20IN. The highest BCUT2D eigenvalue weighted by atomic mass is 127. The van der Waals surface area contributed by atoms with E-state index in [1.165, 1.54) is 25.6 Å². The minimum atomic E-state index is 0.00391. The average molecular weight is 389 g/mol. The van der Waals surface area contributed by atoms with E-state index < -0.39 is 0 Å². The first kappa shape index (κ1) is 14.6. The summed E-state index contributed by atoms with van der Waals surface area (Å²) in [4.78, 5) is 3.43. The lowest BCUT2D eigenvalue weighted by Crippen LogP contribution is -2.29. The first-order valence-electron chi connectivity index (χ1n) is 7.36. The Balaban J connectivity index is 2.24. The van der Waals surface area contributed by atoms with Gasteiger partial charge in [0.05, 0.1) is 0 Å². The van der Waals surface area contributed by atoms with Crippen molar-refractivity contribution in [1.82, 2.24) is 4.98 Å². The van der Waals surface area contributed by atoms with E-state index in [0.717, 1.165) is 0 Å². The molecule has 0 aliphatic heterocycles. The van der Waals surface area contributed by atoms with E-state index in [1.54, 1.807) is 0 Å². The number of hydrogen-bond acceptors (Lipinski definition) is 0. The molecule has 108 valence electrons. The zero-order chi connectivity index (χ0) is 15.0. The number of fused-ring (bicyclic) bond motifs is 1. The molecule has 3 aromatic rings. The van der Waals surface area contributed by atoms with Gasteiger partial charge in [-0.1, -0.05) is 51.1 Å². The molecule has 0 aliphatic carbocycles. The lowest BCUT2D eigenvalue weighted by atomic mass is 9.68. The van der Waals surface area contributed by atoms with Crippen molar-refractivity contribution in [3.63, 3.8) is 0 Å². The van der Waals surface area contributed by atoms with Gasteiger partial charge in [0.15, 0.2) is 0 Å². The van der Waals surface area contributed by atoms with Gasteiger partial charge < -0.3 is 4.98 Å². The van der Waals surface area contributed by atoms with Crippen LogP contribution in [0.3, 0.4) is 0 Å². The molecule has 1 atom stereocenters. The predicted molar refractivity (Wildman–Crippen MR) is 98.7 cm³/mol. The van der Waals surface area contributed by atoms with Crippen LogP contribution < -0.4 is 0 Å². The summed E-state index contributed by atoms with van der Waals surface area (Å²) in [6.07, 6.45) is 2.18. The van der Waals surface area contributed by atoms with Crippen LogP contribution in [0.2, 0.25) is 0 Å². The number of rotatable bonds is 3. The maximum Gasteiger partial charge on any atom is 0.0457 e. The molecule has 1 nitrogen and oxygen atoms in total. The molecule has 0 spiro atoms. The van der Waals surface area contributed by atoms with Crippen LogP contribution in [0.5, 0.6) is 0 Å². The Morgan fingerprint density at radius 3 is 2.33 bits per heavy atom. The van der Waals surface area contributed by atoms with Crippen molar-refractivity contribution >= 4 is 33.5 Å². The highest BCUT2D eigenvalue weighted by Gasteiger charge is 2.34. The lowest BCUT2D eigenvalue weighted by molar-refractivity contribution is 0.408. The van der Waals surface area contributed by atoms with E-state index in [4.69, 9.17) is 0 Å². The van der Waals surface area contributed by atoms with Gasteiger partial charge in [-0.15, -0.1) is 0 Å². The van der Waals surface area contributed by atoms with Crippen molar-refractivity contribution in [2.75, 3.05) is 0 Å². The Morgan fingerprint density at radius 1 is 1.00 bits per heavy atom. The summed E-state index contributed by atoms with van der Waals surface area (Å²) >= 11 is 2.36. The molecular weight excluding hydrogens is 369 g/mol. The third-order valence-electron chi connectivity index (χ3n) is 4.75. The second-order valence-electron chi connectivity index (χ2n) is 6.11. The normalized spacial score (nSPS) is 14.5. The fraction of sp³-hybridized carbons (Fsp3) is 0.263. The Kier molecular flexibility index (Phi) is 3.82. The number of H-pyrrole nitrogens is 1. The molecule has 0 aliphatic rings. The van der Waals surface area contributed by atoms with Crippen LogP contribution in [-0.2, 0) is 5.41 Å². The van der Waals surface area contributed by atoms with E-state index in [-0.39, 0.29) is 5.41 Å². The second kappa shape index (κ2) is 5.48. The predicted octanol–water partition coefficient (Wildman–Crippen LogP) is 5.73. The molecule has 0 saturated heterocycles. The van der Waals surface area contributed by atoms with Crippen LogP contribution in [0, 0.1) is 9.49 Å². The van der Waals surface area contributed by atoms with E-state index in [2.05, 4.69) is 103 Å². The summed E-state index contributed by atoms with van der Waals surface area (Å²) in [5.74, 6) is 0.511. The zero-order valence-electron chi connectivity index (χ0n) is 12.7. The minimum absolute atomic E-state index is 0.00391. The summed E-state index contributed by atoms with van der Waals surface area (Å²) in [6, 6.07) is 17.5. The van der Waals surface area contributed by atoms with Gasteiger partial charge in [-0.2, -0.15) is 0 Å². The topological polar surface area (TPSA) is 15.8 Å². The highest BCUT2D eigenvalue weighted by molar-refractivity contribution is 14.1. The molecule has 1 heterocycles. The molecule has 0 bridgehead atoms. The zero-order valence-corrected chi connectivity index (χ0v) is 14.8. The fourth-order valence-corrected chi connectivity index (χ4v) is 3.46. The third kappa shape index (κ3) is 2.39. The van der Waals surface area contributed by atoms with Crippen molar-refractivity contribution in [3.8, 4) is 0 Å². The summed E-state index contributed by atoms with van der Waals surface area (Å²) in [5, 5.41) is 1.33. The maximum absolute atomic E-state index is 3.43. The Bertz CT molecular complexity index is 755. The molecule has 2 heteroatoms. The molecule has 0 amide bonds. The fourth-order valence-electron chi connectivity index (χ4n) is 3.10. The van der Waals surface area contributed by atoms with Gasteiger partial charge in [0, 0.05) is 26.1 Å². The van der Waals surface area contributed by atoms with Crippen LogP contribution in [-0.4, -0.2) is 4.98 Å². The minimum Gasteiger partial charge on any atom is -0.361 e. The number of para-hydroxylation sites is 1. The molecule has 1 N–H and O–H groups in total. The van der Waals surface area contributed by atoms with Gasteiger partial charge in [-0.05, 0) is 57.8 Å². The van der Waals surface area contributed by atoms with E-state index in [9.17, 15) is 0 Å². The summed E-state index contributed by atoms with van der Waals surface area (Å²) in [7, 11) is 0. The Hall–Kier alpha value is -1.29. The summed E-state index contributed by atoms with van der Waals surface area (Å²) in [6.45, 7) is 6.97. The van der Waals surface area contributed by atoms with Gasteiger partial charge in [0.2, 0.25) is 0 Å². The van der Waals surface area contributed by atoms with Gasteiger partial charge in [-0.3, -0.25) is 0 Å². The Labute approximate surface area is 139 Å². The molecule has 2 aromatic carbocycles.